The number of carbonyl (C=O) groups excluding carboxylic acids is 2. The van der Waals surface area contributed by atoms with Crippen molar-refractivity contribution in [2.24, 2.45) is 0 Å². The van der Waals surface area contributed by atoms with E-state index in [0.29, 0.717) is 18.7 Å². The van der Waals surface area contributed by atoms with Crippen LogP contribution in [0.5, 0.6) is 5.75 Å². The van der Waals surface area contributed by atoms with Crippen LogP contribution in [0.15, 0.2) is 24.3 Å². The van der Waals surface area contributed by atoms with E-state index in [2.05, 4.69) is 0 Å². The van der Waals surface area contributed by atoms with Gasteiger partial charge in [0.2, 0.25) is 0 Å². The zero-order valence-corrected chi connectivity index (χ0v) is 17.1. The van der Waals surface area contributed by atoms with Gasteiger partial charge >= 0.3 is 12.2 Å². The van der Waals surface area contributed by atoms with Gasteiger partial charge in [-0.3, -0.25) is 4.90 Å². The second-order valence-corrected chi connectivity index (χ2v) is 8.06. The number of likely N-dealkylation sites (tertiary alicyclic amines) is 1. The van der Waals surface area contributed by atoms with Crippen molar-refractivity contribution in [2.45, 2.75) is 37.7 Å². The lowest BCUT2D eigenvalue weighted by molar-refractivity contribution is -0.694. The molecule has 3 atom stereocenters. The molecule has 0 spiro atoms. The van der Waals surface area contributed by atoms with Crippen molar-refractivity contribution in [2.75, 3.05) is 27.2 Å². The van der Waals surface area contributed by atoms with Crippen LogP contribution in [0.3, 0.4) is 0 Å². The molecule has 1 saturated heterocycles. The molecule has 1 heterocycles. The van der Waals surface area contributed by atoms with Gasteiger partial charge in [0.25, 0.3) is 0 Å². The minimum atomic E-state index is -1.28. The summed E-state index contributed by atoms with van der Waals surface area (Å²) in [6.45, 7) is 2.15. The smallest absolute Gasteiger partial charge is 0.497 e. The van der Waals surface area contributed by atoms with Crippen molar-refractivity contribution < 1.29 is 27.3 Å². The average molecular weight is 410 g/mol. The monoisotopic (exact) mass is 410 g/mol. The van der Waals surface area contributed by atoms with Gasteiger partial charge in [0.15, 0.2) is 0 Å². The largest absolute Gasteiger partial charge is 0.536 e. The lowest BCUT2D eigenvalue weighted by Crippen LogP contribution is -2.47. The number of benzene rings is 1. The van der Waals surface area contributed by atoms with Crippen LogP contribution in [0, 0.1) is 11.3 Å². The van der Waals surface area contributed by atoms with Crippen LogP contribution in [0.4, 0.5) is 14.0 Å². The number of rotatable bonds is 6. The van der Waals surface area contributed by atoms with E-state index in [9.17, 15) is 14.0 Å². The van der Waals surface area contributed by atoms with Crippen LogP contribution in [0.25, 0.3) is 0 Å². The average Bonchev–Trinajstić information content (AvgIpc) is 3.08. The van der Waals surface area contributed by atoms with Crippen LogP contribution >= 0.6 is 11.9 Å². The number of nitrogens with zero attached hydrogens (tertiary/aromatic N) is 3. The number of amides is 2. The third-order valence-electron chi connectivity index (χ3n) is 4.52. The van der Waals surface area contributed by atoms with Crippen molar-refractivity contribution in [3.05, 3.63) is 29.8 Å². The second kappa shape index (κ2) is 9.75. The highest BCUT2D eigenvalue weighted by atomic mass is 32.2. The summed E-state index contributed by atoms with van der Waals surface area (Å²) in [5.41, 5.74) is 0.995. The Hall–Kier alpha value is -2.31. The molecule has 3 unspecified atom stereocenters. The topological polar surface area (TPSA) is 79.6 Å². The Bertz CT molecular complexity index is 740. The molecule has 1 fully saturated rings. The lowest BCUT2D eigenvalue weighted by atomic mass is 10.2. The Labute approximate surface area is 168 Å². The summed E-state index contributed by atoms with van der Waals surface area (Å²) in [6.07, 6.45) is -2.35. The van der Waals surface area contributed by atoms with Gasteiger partial charge in [-0.05, 0) is 24.1 Å². The maximum absolute atomic E-state index is 13.5. The fourth-order valence-electron chi connectivity index (χ4n) is 2.91. The Kier molecular flexibility index (Phi) is 7.66. The Balaban J connectivity index is 2.02. The number of hydrogen-bond donors (Lipinski definition) is 0. The van der Waals surface area contributed by atoms with Gasteiger partial charge in [-0.1, -0.05) is 19.1 Å². The summed E-state index contributed by atoms with van der Waals surface area (Å²) >= 11 is 1.33. The normalized spacial score (nSPS) is 20.9. The van der Waals surface area contributed by atoms with Gasteiger partial charge in [0, 0.05) is 6.42 Å². The molecule has 1 aliphatic rings. The number of alkyl halides is 1. The molecule has 1 aromatic rings. The van der Waals surface area contributed by atoms with Crippen LogP contribution in [-0.2, 0) is 10.5 Å². The Morgan fingerprint density at radius 1 is 1.39 bits per heavy atom. The number of ether oxygens (including phenoxy) is 2. The SMILES string of the molecule is CCC[N+](C)(SCc1ccc(OC)cc1)C(=O)OC(=O)N1CC(F)CC1C#N. The molecule has 0 saturated carbocycles. The summed E-state index contributed by atoms with van der Waals surface area (Å²) in [7, 11) is 3.27. The van der Waals surface area contributed by atoms with Crippen molar-refractivity contribution in [1.29, 1.82) is 5.26 Å². The number of nitriles is 1. The van der Waals surface area contributed by atoms with E-state index < -0.39 is 24.4 Å². The van der Waals surface area contributed by atoms with E-state index >= 15 is 0 Å². The van der Waals surface area contributed by atoms with Gasteiger partial charge in [0.1, 0.15) is 18.0 Å². The van der Waals surface area contributed by atoms with E-state index in [0.717, 1.165) is 16.2 Å². The van der Waals surface area contributed by atoms with Gasteiger partial charge in [-0.2, -0.15) is 13.9 Å². The summed E-state index contributed by atoms with van der Waals surface area (Å²) < 4.78 is 23.5. The third-order valence-corrected chi connectivity index (χ3v) is 5.88. The first-order valence-electron chi connectivity index (χ1n) is 9.02. The van der Waals surface area contributed by atoms with E-state index in [1.807, 2.05) is 37.3 Å². The number of carbonyl (C=O) groups is 2. The van der Waals surface area contributed by atoms with E-state index in [4.69, 9.17) is 14.7 Å². The maximum atomic E-state index is 13.5. The fraction of sp³-hybridized carbons (Fsp3) is 0.526. The van der Waals surface area contributed by atoms with Crippen molar-refractivity contribution in [3.8, 4) is 11.8 Å². The molecule has 1 aromatic carbocycles. The number of quaternary nitrogens is 1. The summed E-state index contributed by atoms with van der Waals surface area (Å²) in [5, 5.41) is 9.06. The van der Waals surface area contributed by atoms with Crippen molar-refractivity contribution >= 4 is 24.1 Å². The molecular weight excluding hydrogens is 385 g/mol. The van der Waals surface area contributed by atoms with Gasteiger partial charge in [-0.15, -0.1) is 0 Å². The molecular formula is C19H25FN3O4S+. The molecule has 2 rings (SSSR count). The van der Waals surface area contributed by atoms with Crippen LogP contribution < -0.4 is 4.74 Å². The first kappa shape index (κ1) is 22.0. The zero-order valence-electron chi connectivity index (χ0n) is 16.3. The Morgan fingerprint density at radius 3 is 2.64 bits per heavy atom. The highest BCUT2D eigenvalue weighted by molar-refractivity contribution is 7.93. The molecule has 1 aliphatic heterocycles. The molecule has 0 bridgehead atoms. The predicted molar refractivity (Wildman–Crippen MR) is 103 cm³/mol. The van der Waals surface area contributed by atoms with Crippen LogP contribution in [-0.4, -0.2) is 60.4 Å². The molecule has 0 N–H and O–H groups in total. The minimum absolute atomic E-state index is 0.0624. The first-order chi connectivity index (χ1) is 13.3. The quantitative estimate of drug-likeness (QED) is 0.402. The lowest BCUT2D eigenvalue weighted by Gasteiger charge is -2.27. The molecule has 152 valence electrons. The van der Waals surface area contributed by atoms with Gasteiger partial charge in [-0.25, -0.2) is 9.18 Å². The van der Waals surface area contributed by atoms with Crippen molar-refractivity contribution in [1.82, 2.24) is 4.90 Å². The third kappa shape index (κ3) is 5.36. The summed E-state index contributed by atoms with van der Waals surface area (Å²) in [4.78, 5) is 26.0. The highest BCUT2D eigenvalue weighted by Crippen LogP contribution is 2.28. The number of hydrogen-bond acceptors (Lipinski definition) is 6. The number of halogens is 1. The molecule has 0 aromatic heterocycles. The Morgan fingerprint density at radius 2 is 2.07 bits per heavy atom. The highest BCUT2D eigenvalue weighted by Gasteiger charge is 2.42. The molecule has 7 nitrogen and oxygen atoms in total. The minimum Gasteiger partial charge on any atom is -0.497 e. The van der Waals surface area contributed by atoms with E-state index in [1.165, 1.54) is 11.9 Å². The number of methoxy groups -OCH3 is 1. The summed E-state index contributed by atoms with van der Waals surface area (Å²) in [5.74, 6) is 1.27. The summed E-state index contributed by atoms with van der Waals surface area (Å²) in [6, 6.07) is 8.45. The first-order valence-corrected chi connectivity index (χ1v) is 9.96. The maximum Gasteiger partial charge on any atom is 0.536 e. The molecule has 2 amide bonds. The standard InChI is InChI=1S/C19H25FN3O4S/c1-4-9-23(2,28-13-14-5-7-17(26-3)8-6-14)19(25)27-18(24)22-12-15(20)10-16(22)11-21/h5-8,15-16H,4,9-10,12-13H2,1-3H3/q+1. The van der Waals surface area contributed by atoms with E-state index in [1.54, 1.807) is 14.2 Å². The van der Waals surface area contributed by atoms with E-state index in [-0.39, 0.29) is 16.9 Å². The molecule has 0 radical (unpaired) electrons. The molecule has 28 heavy (non-hydrogen) atoms. The fourth-order valence-corrected chi connectivity index (χ4v) is 3.99. The van der Waals surface area contributed by atoms with Gasteiger partial charge < -0.3 is 9.47 Å². The van der Waals surface area contributed by atoms with Gasteiger partial charge in [0.05, 0.1) is 51.0 Å². The van der Waals surface area contributed by atoms with Crippen molar-refractivity contribution in [3.63, 3.8) is 0 Å². The zero-order chi connectivity index (χ0) is 20.7. The second-order valence-electron chi connectivity index (χ2n) is 6.71. The molecule has 9 heteroatoms. The molecule has 0 aliphatic carbocycles. The van der Waals surface area contributed by atoms with Crippen LogP contribution in [0.2, 0.25) is 0 Å². The van der Waals surface area contributed by atoms with Crippen LogP contribution in [0.1, 0.15) is 25.3 Å². The predicted octanol–water partition coefficient (Wildman–Crippen LogP) is 3.89.